The van der Waals surface area contributed by atoms with E-state index in [0.717, 1.165) is 11.1 Å². The van der Waals surface area contributed by atoms with Crippen LogP contribution >= 0.6 is 0 Å². The number of carbonyl (C=O) groups is 2. The van der Waals surface area contributed by atoms with Gasteiger partial charge in [0.1, 0.15) is 12.6 Å². The second-order valence-electron chi connectivity index (χ2n) is 6.26. The topological polar surface area (TPSA) is 80.8 Å². The normalized spacial score (nSPS) is 15.0. The molecule has 2 amide bonds. The number of carbonyl (C=O) groups excluding carboxylic acids is 2. The average molecular weight is 369 g/mol. The minimum Gasteiger partial charge on any atom is -0.445 e. The number of alkyl carbamates (subject to hydrolysis) is 1. The van der Waals surface area contributed by atoms with Gasteiger partial charge in [-0.05, 0) is 23.3 Å². The fraction of sp³-hybridized carbons (Fsp3) is 0.350. The number of nitrogens with one attached hydrogen (secondary N) is 1. The van der Waals surface area contributed by atoms with Gasteiger partial charge in [0.05, 0.1) is 13.2 Å². The first-order chi connectivity index (χ1) is 13.2. The molecular weight excluding hydrogens is 346 g/mol. The van der Waals surface area contributed by atoms with Crippen LogP contribution in [0.4, 0.5) is 4.79 Å². The highest BCUT2D eigenvalue weighted by Gasteiger charge is 2.28. The summed E-state index contributed by atoms with van der Waals surface area (Å²) in [6.45, 7) is 2.19. The minimum absolute atomic E-state index is 0.122. The molecule has 1 aliphatic rings. The Kier molecular flexibility index (Phi) is 6.76. The molecule has 1 aromatic heterocycles. The van der Waals surface area contributed by atoms with Gasteiger partial charge in [-0.25, -0.2) is 4.79 Å². The zero-order valence-corrected chi connectivity index (χ0v) is 15.0. The quantitative estimate of drug-likeness (QED) is 0.839. The van der Waals surface area contributed by atoms with E-state index in [2.05, 4.69) is 10.3 Å². The second-order valence-corrected chi connectivity index (χ2v) is 6.26. The summed E-state index contributed by atoms with van der Waals surface area (Å²) in [6, 6.07) is 12.5. The predicted molar refractivity (Wildman–Crippen MR) is 98.9 cm³/mol. The van der Waals surface area contributed by atoms with E-state index in [9.17, 15) is 9.59 Å². The highest BCUT2D eigenvalue weighted by Crippen LogP contribution is 2.09. The first kappa shape index (κ1) is 18.8. The molecule has 1 N–H and O–H groups in total. The zero-order valence-electron chi connectivity index (χ0n) is 15.0. The van der Waals surface area contributed by atoms with E-state index in [1.165, 1.54) is 0 Å². The van der Waals surface area contributed by atoms with E-state index in [1.54, 1.807) is 29.4 Å². The fourth-order valence-corrected chi connectivity index (χ4v) is 2.87. The third-order valence-electron chi connectivity index (χ3n) is 4.31. The molecule has 1 saturated heterocycles. The highest BCUT2D eigenvalue weighted by molar-refractivity contribution is 5.86. The van der Waals surface area contributed by atoms with Gasteiger partial charge in [-0.1, -0.05) is 30.3 Å². The Balaban J connectivity index is 1.63. The molecule has 0 aliphatic carbocycles. The molecule has 1 aromatic carbocycles. The first-order valence-electron chi connectivity index (χ1n) is 8.95. The molecule has 7 nitrogen and oxygen atoms in total. The Morgan fingerprint density at radius 2 is 1.78 bits per heavy atom. The van der Waals surface area contributed by atoms with E-state index in [4.69, 9.17) is 9.47 Å². The van der Waals surface area contributed by atoms with Crippen molar-refractivity contribution in [1.29, 1.82) is 0 Å². The molecular formula is C20H23N3O4. The lowest BCUT2D eigenvalue weighted by Gasteiger charge is -2.30. The van der Waals surface area contributed by atoms with Crippen LogP contribution in [-0.2, 0) is 27.3 Å². The maximum Gasteiger partial charge on any atom is 0.408 e. The number of benzene rings is 1. The van der Waals surface area contributed by atoms with Gasteiger partial charge in [-0.15, -0.1) is 0 Å². The molecule has 0 saturated carbocycles. The van der Waals surface area contributed by atoms with Crippen LogP contribution < -0.4 is 5.32 Å². The molecule has 1 unspecified atom stereocenters. The van der Waals surface area contributed by atoms with Crippen molar-refractivity contribution >= 4 is 12.0 Å². The molecule has 1 atom stereocenters. The molecule has 1 aliphatic heterocycles. The number of aromatic nitrogens is 1. The van der Waals surface area contributed by atoms with Gasteiger partial charge in [-0.2, -0.15) is 0 Å². The van der Waals surface area contributed by atoms with Crippen LogP contribution in [0.2, 0.25) is 0 Å². The number of pyridine rings is 1. The Bertz CT molecular complexity index is 733. The lowest BCUT2D eigenvalue weighted by molar-refractivity contribution is -0.137. The number of amides is 2. The van der Waals surface area contributed by atoms with Crippen molar-refractivity contribution in [2.45, 2.75) is 19.1 Å². The van der Waals surface area contributed by atoms with Crippen molar-refractivity contribution in [3.63, 3.8) is 0 Å². The number of ether oxygens (including phenoxy) is 2. The summed E-state index contributed by atoms with van der Waals surface area (Å²) in [5.41, 5.74) is 1.80. The SMILES string of the molecule is O=C(NC(Cc1ccccc1)C(=O)N1CCOCC1)OCc1ccncc1. The Morgan fingerprint density at radius 1 is 1.07 bits per heavy atom. The summed E-state index contributed by atoms with van der Waals surface area (Å²) in [4.78, 5) is 30.8. The molecule has 27 heavy (non-hydrogen) atoms. The number of rotatable bonds is 6. The maximum absolute atomic E-state index is 12.9. The van der Waals surface area contributed by atoms with E-state index in [1.807, 2.05) is 30.3 Å². The maximum atomic E-state index is 12.9. The monoisotopic (exact) mass is 369 g/mol. The summed E-state index contributed by atoms with van der Waals surface area (Å²) in [5, 5.41) is 2.72. The molecule has 142 valence electrons. The van der Waals surface area contributed by atoms with Crippen molar-refractivity contribution < 1.29 is 19.1 Å². The molecule has 1 fully saturated rings. The lowest BCUT2D eigenvalue weighted by atomic mass is 10.0. The van der Waals surface area contributed by atoms with E-state index >= 15 is 0 Å². The summed E-state index contributed by atoms with van der Waals surface area (Å²) < 4.78 is 10.6. The molecule has 2 heterocycles. The van der Waals surface area contributed by atoms with Crippen LogP contribution in [0.5, 0.6) is 0 Å². The molecule has 2 aromatic rings. The fourth-order valence-electron chi connectivity index (χ4n) is 2.87. The number of hydrogen-bond acceptors (Lipinski definition) is 5. The Labute approximate surface area is 158 Å². The van der Waals surface area contributed by atoms with Gasteiger partial charge in [0.15, 0.2) is 0 Å². The minimum atomic E-state index is -0.685. The van der Waals surface area contributed by atoms with Crippen LogP contribution in [0.15, 0.2) is 54.9 Å². The van der Waals surface area contributed by atoms with Crippen LogP contribution in [-0.4, -0.2) is 54.2 Å². The first-order valence-corrected chi connectivity index (χ1v) is 8.95. The number of morpholine rings is 1. The predicted octanol–water partition coefficient (Wildman–Crippen LogP) is 1.78. The van der Waals surface area contributed by atoms with Gasteiger partial charge >= 0.3 is 6.09 Å². The molecule has 0 spiro atoms. The molecule has 3 rings (SSSR count). The summed E-state index contributed by atoms with van der Waals surface area (Å²) in [5.74, 6) is -0.122. The average Bonchev–Trinajstić information content (AvgIpc) is 2.73. The summed E-state index contributed by atoms with van der Waals surface area (Å²) in [6.07, 6.45) is 3.06. The molecule has 0 bridgehead atoms. The number of hydrogen-bond donors (Lipinski definition) is 1. The van der Waals surface area contributed by atoms with Crippen LogP contribution in [0.3, 0.4) is 0 Å². The summed E-state index contributed by atoms with van der Waals surface area (Å²) >= 11 is 0. The van der Waals surface area contributed by atoms with E-state index < -0.39 is 12.1 Å². The molecule has 7 heteroatoms. The second kappa shape index (κ2) is 9.68. The Hall–Kier alpha value is -2.93. The number of nitrogens with zero attached hydrogens (tertiary/aromatic N) is 2. The van der Waals surface area contributed by atoms with Crippen LogP contribution in [0, 0.1) is 0 Å². The van der Waals surface area contributed by atoms with E-state index in [-0.39, 0.29) is 12.5 Å². The van der Waals surface area contributed by atoms with Crippen LogP contribution in [0.1, 0.15) is 11.1 Å². The van der Waals surface area contributed by atoms with Crippen LogP contribution in [0.25, 0.3) is 0 Å². The third-order valence-corrected chi connectivity index (χ3v) is 4.31. The van der Waals surface area contributed by atoms with Gasteiger partial charge in [0.25, 0.3) is 0 Å². The largest absolute Gasteiger partial charge is 0.445 e. The van der Waals surface area contributed by atoms with Crippen molar-refractivity contribution in [1.82, 2.24) is 15.2 Å². The van der Waals surface area contributed by atoms with Crippen molar-refractivity contribution in [3.8, 4) is 0 Å². The van der Waals surface area contributed by atoms with Gasteiger partial charge in [0.2, 0.25) is 5.91 Å². The zero-order chi connectivity index (χ0) is 18.9. The van der Waals surface area contributed by atoms with Gasteiger partial charge < -0.3 is 19.7 Å². The third kappa shape index (κ3) is 5.79. The molecule has 0 radical (unpaired) electrons. The summed E-state index contributed by atoms with van der Waals surface area (Å²) in [7, 11) is 0. The van der Waals surface area contributed by atoms with Crippen molar-refractivity contribution in [2.75, 3.05) is 26.3 Å². The lowest BCUT2D eigenvalue weighted by Crippen LogP contribution is -2.52. The standard InChI is InChI=1S/C20H23N3O4/c24-19(23-10-12-26-13-11-23)18(14-16-4-2-1-3-5-16)22-20(25)27-15-17-6-8-21-9-7-17/h1-9,18H,10-15H2,(H,22,25). The smallest absolute Gasteiger partial charge is 0.408 e. The van der Waals surface area contributed by atoms with E-state index in [0.29, 0.717) is 32.7 Å². The van der Waals surface area contributed by atoms with Crippen molar-refractivity contribution in [2.24, 2.45) is 0 Å². The Morgan fingerprint density at radius 3 is 2.48 bits per heavy atom. The highest BCUT2D eigenvalue weighted by atomic mass is 16.5. The van der Waals surface area contributed by atoms with Gasteiger partial charge in [0, 0.05) is 31.9 Å². The van der Waals surface area contributed by atoms with Gasteiger partial charge in [-0.3, -0.25) is 9.78 Å². The van der Waals surface area contributed by atoms with Crippen molar-refractivity contribution in [3.05, 3.63) is 66.0 Å².